The average Bonchev–Trinajstić information content (AvgIpc) is 3.34. The molecule has 0 atom stereocenters. The van der Waals surface area contributed by atoms with Crippen LogP contribution in [0.15, 0.2) is 104 Å². The van der Waals surface area contributed by atoms with E-state index in [-0.39, 0.29) is 0 Å². The number of hydrogen-bond donors (Lipinski definition) is 0. The van der Waals surface area contributed by atoms with Crippen molar-refractivity contribution in [3.63, 3.8) is 0 Å². The fourth-order valence-electron chi connectivity index (χ4n) is 3.46. The van der Waals surface area contributed by atoms with Gasteiger partial charge in [0.2, 0.25) is 0 Å². The lowest BCUT2D eigenvalue weighted by Gasteiger charge is -2.15. The first-order chi connectivity index (χ1) is 14.8. The third-order valence-electron chi connectivity index (χ3n) is 4.90. The van der Waals surface area contributed by atoms with Crippen LogP contribution in [0.4, 0.5) is 0 Å². The summed E-state index contributed by atoms with van der Waals surface area (Å²) in [5.41, 5.74) is 2.04. The summed E-state index contributed by atoms with van der Waals surface area (Å²) in [5, 5.41) is 2.27. The Balaban J connectivity index is 1.33. The van der Waals surface area contributed by atoms with E-state index >= 15 is 0 Å². The summed E-state index contributed by atoms with van der Waals surface area (Å²) < 4.78 is 22.9. The number of ether oxygens (including phenoxy) is 4. The second kappa shape index (κ2) is 8.21. The third-order valence-corrected chi connectivity index (χ3v) is 4.90. The van der Waals surface area contributed by atoms with E-state index < -0.39 is 6.29 Å². The largest absolute Gasteiger partial charge is 0.489 e. The lowest BCUT2D eigenvalue weighted by atomic mass is 10.0. The second-order valence-corrected chi connectivity index (χ2v) is 6.95. The maximum absolute atomic E-state index is 6.07. The minimum Gasteiger partial charge on any atom is -0.489 e. The Morgan fingerprint density at radius 3 is 2.13 bits per heavy atom. The van der Waals surface area contributed by atoms with Crippen LogP contribution in [0.5, 0.6) is 17.2 Å². The van der Waals surface area contributed by atoms with Crippen molar-refractivity contribution >= 4 is 10.8 Å². The van der Waals surface area contributed by atoms with Gasteiger partial charge in [0.05, 0.1) is 0 Å². The molecule has 0 saturated carbocycles. The average molecular weight is 396 g/mol. The summed E-state index contributed by atoms with van der Waals surface area (Å²) in [6.07, 6.45) is 2.72. The van der Waals surface area contributed by atoms with Gasteiger partial charge < -0.3 is 18.9 Å². The van der Waals surface area contributed by atoms with E-state index in [4.69, 9.17) is 18.9 Å². The van der Waals surface area contributed by atoms with Crippen LogP contribution in [0.25, 0.3) is 10.8 Å². The van der Waals surface area contributed by atoms with Gasteiger partial charge in [-0.2, -0.15) is 0 Å². The molecule has 0 amide bonds. The Kier molecular flexibility index (Phi) is 4.96. The second-order valence-electron chi connectivity index (χ2n) is 6.95. The molecule has 0 radical (unpaired) electrons. The van der Waals surface area contributed by atoms with Crippen LogP contribution in [0.3, 0.4) is 0 Å². The van der Waals surface area contributed by atoms with E-state index in [1.165, 1.54) is 0 Å². The number of benzene rings is 4. The van der Waals surface area contributed by atoms with Crippen molar-refractivity contribution in [2.75, 3.05) is 0 Å². The lowest BCUT2D eigenvalue weighted by molar-refractivity contribution is -0.0245. The molecule has 0 fully saturated rings. The molecule has 30 heavy (non-hydrogen) atoms. The Bertz CT molecular complexity index is 1160. The molecule has 148 valence electrons. The molecule has 0 bridgehead atoms. The lowest BCUT2D eigenvalue weighted by Crippen LogP contribution is -2.02. The number of rotatable bonds is 6. The highest BCUT2D eigenvalue weighted by molar-refractivity contribution is 5.86. The van der Waals surface area contributed by atoms with Crippen LogP contribution >= 0.6 is 0 Å². The Hall–Kier alpha value is -3.92. The zero-order valence-electron chi connectivity index (χ0n) is 16.2. The zero-order chi connectivity index (χ0) is 20.2. The molecule has 4 nitrogen and oxygen atoms in total. The van der Waals surface area contributed by atoms with Crippen molar-refractivity contribution in [1.29, 1.82) is 0 Å². The van der Waals surface area contributed by atoms with Gasteiger partial charge in [-0.05, 0) is 64.9 Å². The van der Waals surface area contributed by atoms with Gasteiger partial charge in [-0.15, -0.1) is 0 Å². The Morgan fingerprint density at radius 2 is 1.33 bits per heavy atom. The van der Waals surface area contributed by atoms with Crippen molar-refractivity contribution in [1.82, 2.24) is 0 Å². The topological polar surface area (TPSA) is 36.9 Å². The predicted molar refractivity (Wildman–Crippen MR) is 115 cm³/mol. The highest BCUT2D eigenvalue weighted by Crippen LogP contribution is 2.31. The first-order valence-corrected chi connectivity index (χ1v) is 9.78. The zero-order valence-corrected chi connectivity index (χ0v) is 16.2. The van der Waals surface area contributed by atoms with Crippen molar-refractivity contribution in [3.8, 4) is 17.2 Å². The van der Waals surface area contributed by atoms with Crippen LogP contribution in [0.1, 0.15) is 17.4 Å². The minimum absolute atomic E-state index is 0.414. The van der Waals surface area contributed by atoms with E-state index in [1.54, 1.807) is 12.5 Å². The third kappa shape index (κ3) is 3.94. The molecule has 0 aliphatic carbocycles. The number of hydrogen-bond acceptors (Lipinski definition) is 4. The molecular formula is C26H20O4. The molecule has 0 spiro atoms. The maximum atomic E-state index is 6.07. The molecule has 4 heteroatoms. The molecule has 1 heterocycles. The SMILES string of the molecule is C1=COC(c2cc(COc3ccc(Oc4ccccc4)cc3)c3ccccc3c2)O1. The first kappa shape index (κ1) is 18.1. The van der Waals surface area contributed by atoms with E-state index in [1.807, 2.05) is 66.7 Å². The van der Waals surface area contributed by atoms with Crippen LogP contribution in [0, 0.1) is 0 Å². The van der Waals surface area contributed by atoms with Gasteiger partial charge in [0.1, 0.15) is 36.4 Å². The maximum Gasteiger partial charge on any atom is 0.266 e. The van der Waals surface area contributed by atoms with Gasteiger partial charge in [0.15, 0.2) is 0 Å². The van der Waals surface area contributed by atoms with Crippen molar-refractivity contribution in [2.24, 2.45) is 0 Å². The van der Waals surface area contributed by atoms with Crippen molar-refractivity contribution in [2.45, 2.75) is 12.9 Å². The van der Waals surface area contributed by atoms with E-state index in [0.717, 1.165) is 39.1 Å². The van der Waals surface area contributed by atoms with Gasteiger partial charge in [-0.25, -0.2) is 0 Å². The summed E-state index contributed by atoms with van der Waals surface area (Å²) in [5.74, 6) is 2.35. The Morgan fingerprint density at radius 1 is 0.667 bits per heavy atom. The molecule has 4 aromatic carbocycles. The summed E-state index contributed by atoms with van der Waals surface area (Å²) in [4.78, 5) is 0. The summed E-state index contributed by atoms with van der Waals surface area (Å²) in [7, 11) is 0. The highest BCUT2D eigenvalue weighted by Gasteiger charge is 2.17. The van der Waals surface area contributed by atoms with Crippen LogP contribution < -0.4 is 9.47 Å². The quantitative estimate of drug-likeness (QED) is 0.362. The molecule has 5 rings (SSSR count). The standard InChI is InChI=1S/C26H20O4/c1-2-7-23(8-3-1)30-24-12-10-22(11-13-24)29-18-21-17-20(26-27-14-15-28-26)16-19-6-4-5-9-25(19)21/h1-17,26H,18H2. The molecule has 0 unspecified atom stereocenters. The summed E-state index contributed by atoms with van der Waals surface area (Å²) >= 11 is 0. The Labute approximate surface area is 174 Å². The molecule has 1 aliphatic heterocycles. The smallest absolute Gasteiger partial charge is 0.266 e. The van der Waals surface area contributed by atoms with Gasteiger partial charge >= 0.3 is 0 Å². The van der Waals surface area contributed by atoms with Crippen LogP contribution in [0.2, 0.25) is 0 Å². The number of para-hydroxylation sites is 1. The van der Waals surface area contributed by atoms with E-state index in [0.29, 0.717) is 6.61 Å². The monoisotopic (exact) mass is 396 g/mol. The molecule has 0 saturated heterocycles. The fourth-order valence-corrected chi connectivity index (χ4v) is 3.46. The van der Waals surface area contributed by atoms with Crippen LogP contribution in [-0.2, 0) is 16.1 Å². The normalized spacial score (nSPS) is 13.1. The predicted octanol–water partition coefficient (Wildman–Crippen LogP) is 6.73. The highest BCUT2D eigenvalue weighted by atomic mass is 16.7. The minimum atomic E-state index is -0.414. The molecule has 0 N–H and O–H groups in total. The molecule has 4 aromatic rings. The summed E-state index contributed by atoms with van der Waals surface area (Å²) in [6, 6.07) is 29.8. The summed E-state index contributed by atoms with van der Waals surface area (Å²) in [6.45, 7) is 0.438. The van der Waals surface area contributed by atoms with Crippen LogP contribution in [-0.4, -0.2) is 0 Å². The molecular weight excluding hydrogens is 376 g/mol. The fraction of sp³-hybridized carbons (Fsp3) is 0.0769. The first-order valence-electron chi connectivity index (χ1n) is 9.78. The van der Waals surface area contributed by atoms with E-state index in [2.05, 4.69) is 24.3 Å². The van der Waals surface area contributed by atoms with Crippen molar-refractivity contribution in [3.05, 3.63) is 115 Å². The molecule has 1 aliphatic rings. The van der Waals surface area contributed by atoms with Gasteiger partial charge in [0, 0.05) is 5.56 Å². The van der Waals surface area contributed by atoms with Crippen molar-refractivity contribution < 1.29 is 18.9 Å². The van der Waals surface area contributed by atoms with Gasteiger partial charge in [-0.1, -0.05) is 42.5 Å². The van der Waals surface area contributed by atoms with E-state index in [9.17, 15) is 0 Å². The van der Waals surface area contributed by atoms with Gasteiger partial charge in [-0.3, -0.25) is 0 Å². The number of fused-ring (bicyclic) bond motifs is 1. The molecule has 0 aromatic heterocycles. The van der Waals surface area contributed by atoms with Gasteiger partial charge in [0.25, 0.3) is 6.29 Å².